The fraction of sp³-hybridized carbons (Fsp3) is 0.500. The number of urea groups is 1. The minimum atomic E-state index is -0.209. The van der Waals surface area contributed by atoms with Crippen molar-refractivity contribution in [1.29, 1.82) is 5.26 Å². The van der Waals surface area contributed by atoms with Gasteiger partial charge in [-0.1, -0.05) is 13.0 Å². The van der Waals surface area contributed by atoms with Crippen LogP contribution in [0.4, 0.5) is 10.5 Å². The van der Waals surface area contributed by atoms with Crippen LogP contribution in [0.3, 0.4) is 0 Å². The molecule has 1 fully saturated rings. The maximum Gasteiger partial charge on any atom is 0.322 e. The predicted octanol–water partition coefficient (Wildman–Crippen LogP) is 2.49. The summed E-state index contributed by atoms with van der Waals surface area (Å²) >= 11 is 0. The third-order valence-electron chi connectivity index (χ3n) is 4.17. The van der Waals surface area contributed by atoms with Crippen LogP contribution in [0.5, 0.6) is 0 Å². The summed E-state index contributed by atoms with van der Waals surface area (Å²) in [4.78, 5) is 14.2. The fourth-order valence-corrected chi connectivity index (χ4v) is 2.79. The lowest BCUT2D eigenvalue weighted by Gasteiger charge is -2.39. The molecule has 2 N–H and O–H groups in total. The van der Waals surface area contributed by atoms with Crippen LogP contribution in [-0.4, -0.2) is 35.2 Å². The number of hydrogen-bond acceptors (Lipinski definition) is 3. The number of amides is 2. The van der Waals surface area contributed by atoms with Gasteiger partial charge in [-0.05, 0) is 43.4 Å². The van der Waals surface area contributed by atoms with Gasteiger partial charge < -0.3 is 15.3 Å². The van der Waals surface area contributed by atoms with Gasteiger partial charge in [0, 0.05) is 12.2 Å². The third kappa shape index (κ3) is 3.34. The van der Waals surface area contributed by atoms with Gasteiger partial charge in [-0.3, -0.25) is 0 Å². The molecule has 1 saturated heterocycles. The Morgan fingerprint density at radius 1 is 1.57 bits per heavy atom. The van der Waals surface area contributed by atoms with E-state index in [-0.39, 0.29) is 18.7 Å². The number of carbonyl (C=O) groups excluding carboxylic acids is 1. The highest BCUT2D eigenvalue weighted by Gasteiger charge is 2.31. The van der Waals surface area contributed by atoms with Crippen LogP contribution >= 0.6 is 0 Å². The first-order chi connectivity index (χ1) is 10.1. The van der Waals surface area contributed by atoms with E-state index in [0.29, 0.717) is 23.7 Å². The van der Waals surface area contributed by atoms with Crippen molar-refractivity contribution >= 4 is 11.7 Å². The van der Waals surface area contributed by atoms with Crippen LogP contribution in [0.1, 0.15) is 30.9 Å². The van der Waals surface area contributed by atoms with Crippen molar-refractivity contribution in [3.8, 4) is 6.07 Å². The number of piperidine rings is 1. The molecular weight excluding hydrogens is 266 g/mol. The number of anilines is 1. The Hall–Kier alpha value is -2.06. The largest absolute Gasteiger partial charge is 0.394 e. The molecule has 0 spiro atoms. The summed E-state index contributed by atoms with van der Waals surface area (Å²) in [7, 11) is 0. The minimum Gasteiger partial charge on any atom is -0.394 e. The molecule has 5 heteroatoms. The van der Waals surface area contributed by atoms with Gasteiger partial charge in [-0.25, -0.2) is 4.79 Å². The number of likely N-dealkylation sites (tertiary alicyclic amines) is 1. The molecule has 0 aliphatic carbocycles. The Labute approximate surface area is 125 Å². The number of carbonyl (C=O) groups is 1. The number of benzene rings is 1. The summed E-state index contributed by atoms with van der Waals surface area (Å²) in [6.45, 7) is 4.57. The number of nitriles is 1. The van der Waals surface area contributed by atoms with Crippen LogP contribution in [0, 0.1) is 24.2 Å². The van der Waals surface area contributed by atoms with Crippen LogP contribution < -0.4 is 5.32 Å². The first-order valence-corrected chi connectivity index (χ1v) is 7.26. The third-order valence-corrected chi connectivity index (χ3v) is 4.17. The van der Waals surface area contributed by atoms with E-state index in [1.807, 2.05) is 13.0 Å². The zero-order chi connectivity index (χ0) is 15.4. The SMILES string of the molecule is Cc1ccc(C#N)cc1NC(=O)N1CCCC(C)C1CO. The fourth-order valence-electron chi connectivity index (χ4n) is 2.79. The maximum atomic E-state index is 12.5. The molecular formula is C16H21N3O2. The second-order valence-electron chi connectivity index (χ2n) is 5.63. The summed E-state index contributed by atoms with van der Waals surface area (Å²) in [6.07, 6.45) is 1.97. The number of aliphatic hydroxyl groups is 1. The molecule has 1 heterocycles. The van der Waals surface area contributed by atoms with E-state index in [1.165, 1.54) is 0 Å². The highest BCUT2D eigenvalue weighted by Crippen LogP contribution is 2.24. The molecule has 2 unspecified atom stereocenters. The van der Waals surface area contributed by atoms with Crippen molar-refractivity contribution in [1.82, 2.24) is 4.90 Å². The molecule has 0 aromatic heterocycles. The molecule has 0 saturated carbocycles. The molecule has 0 radical (unpaired) electrons. The lowest BCUT2D eigenvalue weighted by atomic mass is 9.91. The second kappa shape index (κ2) is 6.59. The molecule has 1 aliphatic rings. The summed E-state index contributed by atoms with van der Waals surface area (Å²) < 4.78 is 0. The summed E-state index contributed by atoms with van der Waals surface area (Å²) in [5.41, 5.74) is 2.07. The topological polar surface area (TPSA) is 76.4 Å². The molecule has 2 amide bonds. The van der Waals surface area contributed by atoms with Crippen LogP contribution in [0.15, 0.2) is 18.2 Å². The van der Waals surface area contributed by atoms with E-state index in [0.717, 1.165) is 18.4 Å². The van der Waals surface area contributed by atoms with Crippen molar-refractivity contribution in [3.05, 3.63) is 29.3 Å². The molecule has 2 atom stereocenters. The average Bonchev–Trinajstić information content (AvgIpc) is 2.49. The number of nitrogens with one attached hydrogen (secondary N) is 1. The van der Waals surface area contributed by atoms with Crippen LogP contribution in [0.25, 0.3) is 0 Å². The lowest BCUT2D eigenvalue weighted by molar-refractivity contribution is 0.0811. The highest BCUT2D eigenvalue weighted by atomic mass is 16.3. The summed E-state index contributed by atoms with van der Waals surface area (Å²) in [6, 6.07) is 6.94. The van der Waals surface area contributed by atoms with Crippen molar-refractivity contribution in [2.75, 3.05) is 18.5 Å². The minimum absolute atomic E-state index is 0.0220. The standard InChI is InChI=1S/C16H21N3O2/c1-11-5-6-13(9-17)8-14(11)18-16(21)19-7-3-4-12(2)15(19)10-20/h5-6,8,12,15,20H,3-4,7,10H2,1-2H3,(H,18,21). The monoisotopic (exact) mass is 287 g/mol. The Morgan fingerprint density at radius 2 is 2.33 bits per heavy atom. The van der Waals surface area contributed by atoms with Gasteiger partial charge in [-0.2, -0.15) is 5.26 Å². The van der Waals surface area contributed by atoms with E-state index in [9.17, 15) is 9.90 Å². The van der Waals surface area contributed by atoms with Crippen LogP contribution in [0.2, 0.25) is 0 Å². The lowest BCUT2D eigenvalue weighted by Crippen LogP contribution is -2.51. The van der Waals surface area contributed by atoms with Gasteiger partial charge in [0.1, 0.15) is 0 Å². The van der Waals surface area contributed by atoms with E-state index in [1.54, 1.807) is 17.0 Å². The van der Waals surface area contributed by atoms with Gasteiger partial charge in [0.2, 0.25) is 0 Å². The van der Waals surface area contributed by atoms with Crippen molar-refractivity contribution < 1.29 is 9.90 Å². The highest BCUT2D eigenvalue weighted by molar-refractivity contribution is 5.90. The smallest absolute Gasteiger partial charge is 0.322 e. The van der Waals surface area contributed by atoms with E-state index in [4.69, 9.17) is 5.26 Å². The Balaban J connectivity index is 2.15. The average molecular weight is 287 g/mol. The van der Waals surface area contributed by atoms with Crippen molar-refractivity contribution in [2.45, 2.75) is 32.7 Å². The van der Waals surface area contributed by atoms with Crippen molar-refractivity contribution in [2.24, 2.45) is 5.92 Å². The Bertz CT molecular complexity index is 565. The first-order valence-electron chi connectivity index (χ1n) is 7.26. The van der Waals surface area contributed by atoms with Gasteiger partial charge in [0.25, 0.3) is 0 Å². The predicted molar refractivity (Wildman–Crippen MR) is 80.9 cm³/mol. The van der Waals surface area contributed by atoms with Crippen molar-refractivity contribution in [3.63, 3.8) is 0 Å². The second-order valence-corrected chi connectivity index (χ2v) is 5.63. The zero-order valence-corrected chi connectivity index (χ0v) is 12.5. The number of hydrogen-bond donors (Lipinski definition) is 2. The molecule has 1 aromatic carbocycles. The Kier molecular flexibility index (Phi) is 4.81. The Morgan fingerprint density at radius 3 is 3.00 bits per heavy atom. The quantitative estimate of drug-likeness (QED) is 0.877. The molecule has 112 valence electrons. The first kappa shape index (κ1) is 15.3. The zero-order valence-electron chi connectivity index (χ0n) is 12.5. The van der Waals surface area contributed by atoms with Gasteiger partial charge >= 0.3 is 6.03 Å². The number of rotatable bonds is 2. The van der Waals surface area contributed by atoms with Crippen LogP contribution in [-0.2, 0) is 0 Å². The van der Waals surface area contributed by atoms with Gasteiger partial charge in [-0.15, -0.1) is 0 Å². The number of aryl methyl sites for hydroxylation is 1. The van der Waals surface area contributed by atoms with E-state index in [2.05, 4.69) is 18.3 Å². The summed E-state index contributed by atoms with van der Waals surface area (Å²) in [5.74, 6) is 0.293. The molecule has 21 heavy (non-hydrogen) atoms. The molecule has 5 nitrogen and oxygen atoms in total. The maximum absolute atomic E-state index is 12.5. The van der Waals surface area contributed by atoms with E-state index >= 15 is 0 Å². The number of nitrogens with zero attached hydrogens (tertiary/aromatic N) is 2. The van der Waals surface area contributed by atoms with E-state index < -0.39 is 0 Å². The molecule has 0 bridgehead atoms. The molecule has 1 aliphatic heterocycles. The molecule has 1 aromatic rings. The van der Waals surface area contributed by atoms with Gasteiger partial charge in [0.15, 0.2) is 0 Å². The summed E-state index contributed by atoms with van der Waals surface area (Å²) in [5, 5.41) is 21.3. The normalized spacial score (nSPS) is 21.7. The van der Waals surface area contributed by atoms with Gasteiger partial charge in [0.05, 0.1) is 24.3 Å². The number of aliphatic hydroxyl groups excluding tert-OH is 1. The molecule has 2 rings (SSSR count).